The van der Waals surface area contributed by atoms with E-state index in [1.54, 1.807) is 6.20 Å². The molecule has 0 spiro atoms. The van der Waals surface area contributed by atoms with Crippen LogP contribution in [0.15, 0.2) is 48.7 Å². The van der Waals surface area contributed by atoms with E-state index in [4.69, 9.17) is 9.84 Å². The molecule has 1 N–H and O–H groups in total. The Labute approximate surface area is 188 Å². The van der Waals surface area contributed by atoms with Gasteiger partial charge in [-0.15, -0.1) is 5.10 Å². The molecule has 3 heterocycles. The number of anilines is 1. The van der Waals surface area contributed by atoms with Crippen molar-refractivity contribution in [3.63, 3.8) is 0 Å². The number of benzene rings is 1. The van der Waals surface area contributed by atoms with Crippen LogP contribution in [0.2, 0.25) is 0 Å². The van der Waals surface area contributed by atoms with E-state index in [-0.39, 0.29) is 6.10 Å². The molecule has 1 aromatic carbocycles. The molecule has 0 bridgehead atoms. The SMILES string of the molecule is CNCCC(Oc1cccc(-n2nc3c(N(C)C)nnc(C)c3c2C)c1)c1ccccn1. The molecule has 0 fully saturated rings. The average Bonchev–Trinajstić information content (AvgIpc) is 3.15. The van der Waals surface area contributed by atoms with E-state index in [9.17, 15) is 0 Å². The fourth-order valence-electron chi connectivity index (χ4n) is 3.83. The van der Waals surface area contributed by atoms with E-state index in [0.717, 1.165) is 58.2 Å². The van der Waals surface area contributed by atoms with Gasteiger partial charge in [0.15, 0.2) is 5.82 Å². The Balaban J connectivity index is 1.71. The summed E-state index contributed by atoms with van der Waals surface area (Å²) in [7, 11) is 5.84. The molecule has 0 saturated heterocycles. The minimum absolute atomic E-state index is 0.146. The lowest BCUT2D eigenvalue weighted by Crippen LogP contribution is -2.17. The predicted molar refractivity (Wildman–Crippen MR) is 127 cm³/mol. The Bertz CT molecular complexity index is 1200. The minimum atomic E-state index is -0.146. The van der Waals surface area contributed by atoms with Gasteiger partial charge in [-0.1, -0.05) is 12.1 Å². The molecule has 0 aliphatic heterocycles. The quantitative estimate of drug-likeness (QED) is 0.456. The van der Waals surface area contributed by atoms with Gasteiger partial charge >= 0.3 is 0 Å². The van der Waals surface area contributed by atoms with Crippen molar-refractivity contribution in [3.05, 3.63) is 65.7 Å². The molecule has 0 radical (unpaired) electrons. The first-order valence-corrected chi connectivity index (χ1v) is 10.7. The number of aryl methyl sites for hydroxylation is 2. The summed E-state index contributed by atoms with van der Waals surface area (Å²) in [4.78, 5) is 6.43. The number of aromatic nitrogens is 5. The summed E-state index contributed by atoms with van der Waals surface area (Å²) in [6.45, 7) is 4.85. The standard InChI is InChI=1S/C24H29N7O/c1-16-22-17(2)31(29-23(22)24(28-27-16)30(4)5)18-9-8-10-19(15-18)32-21(12-14-25-3)20-11-6-7-13-26-20/h6-11,13,15,21,25H,12,14H2,1-5H3. The zero-order chi connectivity index (χ0) is 22.7. The third kappa shape index (κ3) is 4.27. The van der Waals surface area contributed by atoms with Gasteiger partial charge in [0, 0.05) is 32.8 Å². The lowest BCUT2D eigenvalue weighted by atomic mass is 10.1. The molecule has 32 heavy (non-hydrogen) atoms. The Morgan fingerprint density at radius 1 is 1.09 bits per heavy atom. The highest BCUT2D eigenvalue weighted by Crippen LogP contribution is 2.30. The van der Waals surface area contributed by atoms with E-state index >= 15 is 0 Å². The van der Waals surface area contributed by atoms with E-state index in [0.29, 0.717) is 0 Å². The van der Waals surface area contributed by atoms with Crippen molar-refractivity contribution >= 4 is 16.7 Å². The number of fused-ring (bicyclic) bond motifs is 1. The molecule has 1 unspecified atom stereocenters. The number of hydrogen-bond donors (Lipinski definition) is 1. The lowest BCUT2D eigenvalue weighted by molar-refractivity contribution is 0.190. The smallest absolute Gasteiger partial charge is 0.179 e. The number of hydrogen-bond acceptors (Lipinski definition) is 7. The fourth-order valence-corrected chi connectivity index (χ4v) is 3.83. The van der Waals surface area contributed by atoms with Crippen molar-refractivity contribution in [1.82, 2.24) is 30.3 Å². The molecule has 8 heteroatoms. The molecular weight excluding hydrogens is 402 g/mol. The second-order valence-electron chi connectivity index (χ2n) is 7.97. The van der Waals surface area contributed by atoms with Gasteiger partial charge in [-0.05, 0) is 51.7 Å². The summed E-state index contributed by atoms with van der Waals surface area (Å²) >= 11 is 0. The summed E-state index contributed by atoms with van der Waals surface area (Å²) in [6.07, 6.45) is 2.46. The summed E-state index contributed by atoms with van der Waals surface area (Å²) in [5.74, 6) is 1.52. The van der Waals surface area contributed by atoms with E-state index in [1.165, 1.54) is 0 Å². The summed E-state index contributed by atoms with van der Waals surface area (Å²) < 4.78 is 8.32. The maximum Gasteiger partial charge on any atom is 0.179 e. The van der Waals surface area contributed by atoms with Crippen LogP contribution in [0.25, 0.3) is 16.6 Å². The van der Waals surface area contributed by atoms with Crippen molar-refractivity contribution < 1.29 is 4.74 Å². The summed E-state index contributed by atoms with van der Waals surface area (Å²) in [5.41, 5.74) is 4.56. The third-order valence-electron chi connectivity index (χ3n) is 5.42. The molecular formula is C24H29N7O. The Morgan fingerprint density at radius 3 is 2.66 bits per heavy atom. The zero-order valence-electron chi connectivity index (χ0n) is 19.2. The third-order valence-corrected chi connectivity index (χ3v) is 5.42. The van der Waals surface area contributed by atoms with Crippen molar-refractivity contribution in [2.24, 2.45) is 0 Å². The first-order chi connectivity index (χ1) is 15.5. The van der Waals surface area contributed by atoms with Gasteiger partial charge in [-0.2, -0.15) is 10.2 Å². The maximum absolute atomic E-state index is 6.39. The van der Waals surface area contributed by atoms with Crippen molar-refractivity contribution in [1.29, 1.82) is 0 Å². The summed E-state index contributed by atoms with van der Waals surface area (Å²) in [5, 5.41) is 17.8. The number of ether oxygens (including phenoxy) is 1. The predicted octanol–water partition coefficient (Wildman–Crippen LogP) is 3.62. The van der Waals surface area contributed by atoms with Crippen LogP contribution >= 0.6 is 0 Å². The van der Waals surface area contributed by atoms with Crippen molar-refractivity contribution in [2.45, 2.75) is 26.4 Å². The number of nitrogens with one attached hydrogen (secondary N) is 1. The van der Waals surface area contributed by atoms with Crippen LogP contribution in [0.5, 0.6) is 5.75 Å². The van der Waals surface area contributed by atoms with Crippen molar-refractivity contribution in [3.8, 4) is 11.4 Å². The molecule has 0 aliphatic rings. The van der Waals surface area contributed by atoms with E-state index < -0.39 is 0 Å². The first-order valence-electron chi connectivity index (χ1n) is 10.7. The average molecular weight is 432 g/mol. The van der Waals surface area contributed by atoms with Crippen LogP contribution in [0.1, 0.15) is 29.6 Å². The lowest BCUT2D eigenvalue weighted by Gasteiger charge is -2.19. The second-order valence-corrected chi connectivity index (χ2v) is 7.97. The van der Waals surface area contributed by atoms with Gasteiger partial charge in [0.25, 0.3) is 0 Å². The first kappa shape index (κ1) is 21.7. The van der Waals surface area contributed by atoms with Gasteiger partial charge in [0.1, 0.15) is 17.4 Å². The molecule has 8 nitrogen and oxygen atoms in total. The highest BCUT2D eigenvalue weighted by atomic mass is 16.5. The van der Waals surface area contributed by atoms with Crippen LogP contribution in [0.4, 0.5) is 5.82 Å². The van der Waals surface area contributed by atoms with Crippen LogP contribution in [0.3, 0.4) is 0 Å². The number of nitrogens with zero attached hydrogens (tertiary/aromatic N) is 6. The van der Waals surface area contributed by atoms with Crippen LogP contribution in [-0.4, -0.2) is 52.6 Å². The molecule has 4 aromatic rings. The Kier molecular flexibility index (Phi) is 6.32. The summed E-state index contributed by atoms with van der Waals surface area (Å²) in [6, 6.07) is 13.9. The monoisotopic (exact) mass is 431 g/mol. The topological polar surface area (TPSA) is 81.0 Å². The number of rotatable bonds is 8. The van der Waals surface area contributed by atoms with Crippen LogP contribution < -0.4 is 15.0 Å². The van der Waals surface area contributed by atoms with Gasteiger partial charge < -0.3 is 15.0 Å². The maximum atomic E-state index is 6.39. The van der Waals surface area contributed by atoms with Gasteiger partial charge in [0.05, 0.1) is 28.2 Å². The highest BCUT2D eigenvalue weighted by molar-refractivity contribution is 5.92. The number of pyridine rings is 1. The molecule has 0 amide bonds. The molecule has 3 aromatic heterocycles. The minimum Gasteiger partial charge on any atom is -0.484 e. The fraction of sp³-hybridized carbons (Fsp3) is 0.333. The molecule has 4 rings (SSSR count). The highest BCUT2D eigenvalue weighted by Gasteiger charge is 2.19. The molecule has 0 saturated carbocycles. The van der Waals surface area contributed by atoms with Crippen molar-refractivity contribution in [2.75, 3.05) is 32.6 Å². The molecule has 166 valence electrons. The zero-order valence-corrected chi connectivity index (χ0v) is 19.2. The normalized spacial score (nSPS) is 12.2. The molecule has 0 aliphatic carbocycles. The van der Waals surface area contributed by atoms with E-state index in [2.05, 4.69) is 27.4 Å². The molecule has 1 atom stereocenters. The van der Waals surface area contributed by atoms with Gasteiger partial charge in [-0.3, -0.25) is 4.98 Å². The second kappa shape index (κ2) is 9.32. The largest absolute Gasteiger partial charge is 0.484 e. The van der Waals surface area contributed by atoms with E-state index in [1.807, 2.05) is 80.1 Å². The van der Waals surface area contributed by atoms with Crippen LogP contribution in [0, 0.1) is 13.8 Å². The Morgan fingerprint density at radius 2 is 1.94 bits per heavy atom. The van der Waals surface area contributed by atoms with Gasteiger partial charge in [0.2, 0.25) is 0 Å². The Hall–Kier alpha value is -3.52. The van der Waals surface area contributed by atoms with Gasteiger partial charge in [-0.25, -0.2) is 4.68 Å². The van der Waals surface area contributed by atoms with Crippen LogP contribution in [-0.2, 0) is 0 Å².